The number of hydrogen-bond acceptors (Lipinski definition) is 4. The van der Waals surface area contributed by atoms with Gasteiger partial charge in [-0.25, -0.2) is 4.98 Å². The van der Waals surface area contributed by atoms with E-state index in [9.17, 15) is 9.59 Å². The summed E-state index contributed by atoms with van der Waals surface area (Å²) < 4.78 is 5.11. The predicted molar refractivity (Wildman–Crippen MR) is 70.1 cm³/mol. The molecule has 5 heteroatoms. The molecule has 1 aromatic rings. The van der Waals surface area contributed by atoms with Crippen molar-refractivity contribution in [2.24, 2.45) is 0 Å². The number of hydrogen-bond donors (Lipinski definition) is 0. The van der Waals surface area contributed by atoms with Crippen LogP contribution >= 0.6 is 0 Å². The van der Waals surface area contributed by atoms with Crippen molar-refractivity contribution in [2.45, 2.75) is 31.7 Å². The van der Waals surface area contributed by atoms with Gasteiger partial charge in [0, 0.05) is 32.1 Å². The van der Waals surface area contributed by atoms with Crippen molar-refractivity contribution in [1.29, 1.82) is 0 Å². The Morgan fingerprint density at radius 3 is 2.74 bits per heavy atom. The second-order valence-corrected chi connectivity index (χ2v) is 4.75. The largest absolute Gasteiger partial charge is 0.480 e. The molecule has 2 rings (SSSR count). The summed E-state index contributed by atoms with van der Waals surface area (Å²) in [5.74, 6) is 0.520. The van der Waals surface area contributed by atoms with Gasteiger partial charge in [-0.1, -0.05) is 0 Å². The fraction of sp³-hybridized carbons (Fsp3) is 0.500. The van der Waals surface area contributed by atoms with Crippen LogP contribution in [0.25, 0.3) is 0 Å². The molecule has 0 saturated heterocycles. The maximum Gasteiger partial charge on any atom is 0.259 e. The maximum atomic E-state index is 12.4. The monoisotopic (exact) mass is 262 g/mol. The Bertz CT molecular complexity index is 477. The molecule has 0 aromatic carbocycles. The van der Waals surface area contributed by atoms with Crippen molar-refractivity contribution in [3.63, 3.8) is 0 Å². The van der Waals surface area contributed by atoms with Crippen LogP contribution in [0.3, 0.4) is 0 Å². The molecule has 1 saturated carbocycles. The average molecular weight is 262 g/mol. The van der Waals surface area contributed by atoms with E-state index in [0.717, 1.165) is 12.8 Å². The van der Waals surface area contributed by atoms with Crippen molar-refractivity contribution in [3.8, 4) is 5.88 Å². The molecule has 19 heavy (non-hydrogen) atoms. The molecule has 0 spiro atoms. The Morgan fingerprint density at radius 2 is 2.11 bits per heavy atom. The lowest BCUT2D eigenvalue weighted by Gasteiger charge is -2.30. The lowest BCUT2D eigenvalue weighted by molar-refractivity contribution is -0.121. The van der Waals surface area contributed by atoms with Crippen LogP contribution in [0.15, 0.2) is 18.3 Å². The van der Waals surface area contributed by atoms with E-state index >= 15 is 0 Å². The third kappa shape index (κ3) is 2.92. The minimum Gasteiger partial charge on any atom is -0.480 e. The summed E-state index contributed by atoms with van der Waals surface area (Å²) in [4.78, 5) is 29.4. The normalized spacial score (nSPS) is 16.2. The number of rotatable bonds is 3. The molecule has 1 fully saturated rings. The van der Waals surface area contributed by atoms with Gasteiger partial charge in [-0.2, -0.15) is 0 Å². The summed E-state index contributed by atoms with van der Waals surface area (Å²) in [7, 11) is 3.27. The fourth-order valence-corrected chi connectivity index (χ4v) is 2.38. The van der Waals surface area contributed by atoms with Gasteiger partial charge in [-0.3, -0.25) is 9.59 Å². The lowest BCUT2D eigenvalue weighted by Crippen LogP contribution is -2.39. The minimum atomic E-state index is -0.107. The second kappa shape index (κ2) is 5.82. The summed E-state index contributed by atoms with van der Waals surface area (Å²) in [5, 5.41) is 0. The van der Waals surface area contributed by atoms with Gasteiger partial charge in [-0.05, 0) is 25.0 Å². The van der Waals surface area contributed by atoms with Gasteiger partial charge in [-0.15, -0.1) is 0 Å². The number of amides is 1. The van der Waals surface area contributed by atoms with Crippen molar-refractivity contribution < 1.29 is 14.3 Å². The van der Waals surface area contributed by atoms with Gasteiger partial charge >= 0.3 is 0 Å². The Kier molecular flexibility index (Phi) is 4.14. The smallest absolute Gasteiger partial charge is 0.259 e. The fourth-order valence-electron chi connectivity index (χ4n) is 2.38. The van der Waals surface area contributed by atoms with Gasteiger partial charge in [0.2, 0.25) is 5.88 Å². The Morgan fingerprint density at radius 1 is 1.42 bits per heavy atom. The molecule has 0 unspecified atom stereocenters. The van der Waals surface area contributed by atoms with Crippen LogP contribution in [-0.2, 0) is 4.79 Å². The first kappa shape index (κ1) is 13.5. The molecule has 0 bridgehead atoms. The molecule has 0 aliphatic heterocycles. The lowest BCUT2D eigenvalue weighted by atomic mass is 9.93. The highest BCUT2D eigenvalue weighted by atomic mass is 16.5. The van der Waals surface area contributed by atoms with Crippen LogP contribution in [0, 0.1) is 0 Å². The molecule has 0 radical (unpaired) electrons. The number of methoxy groups -OCH3 is 1. The van der Waals surface area contributed by atoms with E-state index in [0.29, 0.717) is 24.3 Å². The topological polar surface area (TPSA) is 59.5 Å². The number of aromatic nitrogens is 1. The van der Waals surface area contributed by atoms with Gasteiger partial charge in [0.15, 0.2) is 0 Å². The van der Waals surface area contributed by atoms with Crippen molar-refractivity contribution in [2.75, 3.05) is 14.2 Å². The number of ether oxygens (including phenoxy) is 1. The second-order valence-electron chi connectivity index (χ2n) is 4.75. The number of pyridine rings is 1. The first-order chi connectivity index (χ1) is 9.13. The van der Waals surface area contributed by atoms with E-state index in [4.69, 9.17) is 4.74 Å². The van der Waals surface area contributed by atoms with Gasteiger partial charge in [0.05, 0.1) is 7.11 Å². The molecule has 1 aliphatic rings. The molecule has 1 amide bonds. The SMILES string of the molecule is COc1ncccc1C(=O)N(C)C1CCC(=O)CC1. The standard InChI is InChI=1S/C14H18N2O3/c1-16(10-5-7-11(17)8-6-10)14(18)12-4-3-9-15-13(12)19-2/h3-4,9-10H,5-8H2,1-2H3. The molecule has 1 heterocycles. The van der Waals surface area contributed by atoms with Crippen LogP contribution in [0.2, 0.25) is 0 Å². The van der Waals surface area contributed by atoms with E-state index in [-0.39, 0.29) is 17.7 Å². The van der Waals surface area contributed by atoms with Crippen molar-refractivity contribution >= 4 is 11.7 Å². The summed E-state index contributed by atoms with van der Waals surface area (Å²) >= 11 is 0. The first-order valence-electron chi connectivity index (χ1n) is 6.41. The molecule has 0 atom stereocenters. The highest BCUT2D eigenvalue weighted by Gasteiger charge is 2.27. The Hall–Kier alpha value is -1.91. The summed E-state index contributed by atoms with van der Waals surface area (Å²) in [6.07, 6.45) is 4.20. The van der Waals surface area contributed by atoms with E-state index in [1.807, 2.05) is 0 Å². The number of ketones is 1. The molecule has 1 aromatic heterocycles. The number of carbonyl (C=O) groups is 2. The van der Waals surface area contributed by atoms with Gasteiger partial charge in [0.1, 0.15) is 11.3 Å². The predicted octanol–water partition coefficient (Wildman–Crippen LogP) is 1.67. The summed E-state index contributed by atoms with van der Waals surface area (Å²) in [5.41, 5.74) is 0.462. The van der Waals surface area contributed by atoms with Crippen molar-refractivity contribution in [3.05, 3.63) is 23.9 Å². The van der Waals surface area contributed by atoms with Crippen LogP contribution < -0.4 is 4.74 Å². The third-order valence-electron chi connectivity index (χ3n) is 3.58. The zero-order valence-corrected chi connectivity index (χ0v) is 11.3. The number of nitrogens with zero attached hydrogens (tertiary/aromatic N) is 2. The van der Waals surface area contributed by atoms with E-state index < -0.39 is 0 Å². The first-order valence-corrected chi connectivity index (χ1v) is 6.41. The van der Waals surface area contributed by atoms with E-state index in [1.54, 1.807) is 30.3 Å². The van der Waals surface area contributed by atoms with Crippen LogP contribution in [0.4, 0.5) is 0 Å². The highest BCUT2D eigenvalue weighted by molar-refractivity contribution is 5.96. The number of carbonyl (C=O) groups excluding carboxylic acids is 2. The van der Waals surface area contributed by atoms with E-state index in [2.05, 4.69) is 4.98 Å². The quantitative estimate of drug-likeness (QED) is 0.831. The molecule has 1 aliphatic carbocycles. The van der Waals surface area contributed by atoms with Crippen LogP contribution in [0.5, 0.6) is 5.88 Å². The molecule has 0 N–H and O–H groups in total. The minimum absolute atomic E-state index is 0.107. The van der Waals surface area contributed by atoms with Gasteiger partial charge < -0.3 is 9.64 Å². The molecular weight excluding hydrogens is 244 g/mol. The molecular formula is C14H18N2O3. The number of Topliss-reactive ketones (excluding diaryl/α,β-unsaturated/α-hetero) is 1. The van der Waals surface area contributed by atoms with Crippen LogP contribution in [-0.4, -0.2) is 41.8 Å². The van der Waals surface area contributed by atoms with Crippen LogP contribution in [0.1, 0.15) is 36.0 Å². The Labute approximate surface area is 112 Å². The zero-order valence-electron chi connectivity index (χ0n) is 11.3. The average Bonchev–Trinajstić information content (AvgIpc) is 2.46. The maximum absolute atomic E-state index is 12.4. The molecule has 102 valence electrons. The summed E-state index contributed by atoms with van der Waals surface area (Å²) in [6.45, 7) is 0. The van der Waals surface area contributed by atoms with Crippen molar-refractivity contribution in [1.82, 2.24) is 9.88 Å². The zero-order chi connectivity index (χ0) is 13.8. The van der Waals surface area contributed by atoms with E-state index in [1.165, 1.54) is 7.11 Å². The van der Waals surface area contributed by atoms with Gasteiger partial charge in [0.25, 0.3) is 5.91 Å². The molecule has 5 nitrogen and oxygen atoms in total. The summed E-state index contributed by atoms with van der Waals surface area (Å²) in [6, 6.07) is 3.54. The Balaban J connectivity index is 2.12. The third-order valence-corrected chi connectivity index (χ3v) is 3.58. The highest BCUT2D eigenvalue weighted by Crippen LogP contribution is 2.23.